The molecule has 0 saturated carbocycles. The van der Waals surface area contributed by atoms with Gasteiger partial charge < -0.3 is 4.74 Å². The van der Waals surface area contributed by atoms with Crippen LogP contribution in [0.15, 0.2) is 59.5 Å². The maximum atomic E-state index is 5.29. The van der Waals surface area contributed by atoms with Crippen LogP contribution < -0.4 is 0 Å². The van der Waals surface area contributed by atoms with Gasteiger partial charge in [-0.15, -0.1) is 0 Å². The standard InChI is InChI=1S/C15H14OS2/c1-2-16-15(17)18-14-10-6-9-13(11-14)12-7-4-3-5-8-12/h3-11H,2H2,1H3. The minimum Gasteiger partial charge on any atom is -0.479 e. The van der Waals surface area contributed by atoms with Crippen LogP contribution in [0, 0.1) is 0 Å². The molecule has 0 atom stereocenters. The van der Waals surface area contributed by atoms with E-state index < -0.39 is 0 Å². The highest BCUT2D eigenvalue weighted by Gasteiger charge is 2.03. The van der Waals surface area contributed by atoms with Gasteiger partial charge in [-0.3, -0.25) is 0 Å². The first-order valence-corrected chi connectivity index (χ1v) is 7.02. The van der Waals surface area contributed by atoms with Crippen molar-refractivity contribution < 1.29 is 4.74 Å². The number of hydrogen-bond donors (Lipinski definition) is 0. The SMILES string of the molecule is CCOC(=S)Sc1cccc(-c2ccccc2)c1. The molecule has 92 valence electrons. The minimum atomic E-state index is 0.572. The van der Waals surface area contributed by atoms with E-state index in [1.54, 1.807) is 0 Å². The first kappa shape index (κ1) is 13.1. The van der Waals surface area contributed by atoms with E-state index in [2.05, 4.69) is 24.3 Å². The monoisotopic (exact) mass is 274 g/mol. The largest absolute Gasteiger partial charge is 0.479 e. The Morgan fingerprint density at radius 3 is 2.50 bits per heavy atom. The number of hydrogen-bond acceptors (Lipinski definition) is 3. The zero-order chi connectivity index (χ0) is 12.8. The van der Waals surface area contributed by atoms with Crippen LogP contribution in [0.3, 0.4) is 0 Å². The summed E-state index contributed by atoms with van der Waals surface area (Å²) in [4.78, 5) is 1.11. The van der Waals surface area contributed by atoms with E-state index >= 15 is 0 Å². The van der Waals surface area contributed by atoms with Crippen molar-refractivity contribution in [2.24, 2.45) is 0 Å². The second-order valence-corrected chi connectivity index (χ2v) is 5.35. The lowest BCUT2D eigenvalue weighted by Crippen LogP contribution is -1.95. The lowest BCUT2D eigenvalue weighted by atomic mass is 10.1. The molecule has 0 aliphatic carbocycles. The molecule has 18 heavy (non-hydrogen) atoms. The van der Waals surface area contributed by atoms with Crippen molar-refractivity contribution >= 4 is 28.4 Å². The molecule has 0 aliphatic heterocycles. The molecule has 0 spiro atoms. The molecule has 0 heterocycles. The van der Waals surface area contributed by atoms with Gasteiger partial charge in [-0.25, -0.2) is 0 Å². The molecule has 0 bridgehead atoms. The Morgan fingerprint density at radius 1 is 1.06 bits per heavy atom. The van der Waals surface area contributed by atoms with E-state index in [0.717, 1.165) is 4.90 Å². The van der Waals surface area contributed by atoms with Crippen molar-refractivity contribution in [2.45, 2.75) is 11.8 Å². The van der Waals surface area contributed by atoms with E-state index in [0.29, 0.717) is 11.0 Å². The van der Waals surface area contributed by atoms with Crippen molar-refractivity contribution in [1.29, 1.82) is 0 Å². The predicted molar refractivity (Wildman–Crippen MR) is 82.0 cm³/mol. The summed E-state index contributed by atoms with van der Waals surface area (Å²) in [6, 6.07) is 18.6. The van der Waals surface area contributed by atoms with Crippen molar-refractivity contribution in [1.82, 2.24) is 0 Å². The van der Waals surface area contributed by atoms with Gasteiger partial charge in [-0.2, -0.15) is 0 Å². The smallest absolute Gasteiger partial charge is 0.224 e. The fourth-order valence-corrected chi connectivity index (χ4v) is 2.72. The molecule has 0 unspecified atom stereocenters. The van der Waals surface area contributed by atoms with Gasteiger partial charge in [0.15, 0.2) is 0 Å². The maximum absolute atomic E-state index is 5.29. The highest BCUT2D eigenvalue weighted by molar-refractivity contribution is 8.22. The normalized spacial score (nSPS) is 10.1. The molecule has 2 rings (SSSR count). The highest BCUT2D eigenvalue weighted by Crippen LogP contribution is 2.26. The molecule has 1 nitrogen and oxygen atoms in total. The van der Waals surface area contributed by atoms with Crippen LogP contribution in [0.5, 0.6) is 0 Å². The Kier molecular flexibility index (Phi) is 4.79. The Morgan fingerprint density at radius 2 is 1.78 bits per heavy atom. The second kappa shape index (κ2) is 6.57. The summed E-state index contributed by atoms with van der Waals surface area (Å²) < 4.78 is 5.86. The number of rotatable bonds is 3. The summed E-state index contributed by atoms with van der Waals surface area (Å²) in [7, 11) is 0. The maximum Gasteiger partial charge on any atom is 0.224 e. The van der Waals surface area contributed by atoms with Crippen LogP contribution in [0.2, 0.25) is 0 Å². The zero-order valence-corrected chi connectivity index (χ0v) is 11.8. The Hall–Kier alpha value is -1.32. The second-order valence-electron chi connectivity index (χ2n) is 3.68. The van der Waals surface area contributed by atoms with Crippen LogP contribution >= 0.6 is 24.0 Å². The molecule has 0 saturated heterocycles. The third-order valence-corrected chi connectivity index (χ3v) is 3.55. The summed E-state index contributed by atoms with van der Waals surface area (Å²) in [5.41, 5.74) is 2.40. The summed E-state index contributed by atoms with van der Waals surface area (Å²) in [6.45, 7) is 2.55. The summed E-state index contributed by atoms with van der Waals surface area (Å²) in [6.07, 6.45) is 0. The molecule has 2 aromatic rings. The highest BCUT2D eigenvalue weighted by atomic mass is 32.2. The van der Waals surface area contributed by atoms with Gasteiger partial charge in [0.05, 0.1) is 6.61 Å². The van der Waals surface area contributed by atoms with Crippen LogP contribution in [0.4, 0.5) is 0 Å². The van der Waals surface area contributed by atoms with Crippen LogP contribution in [-0.4, -0.2) is 11.0 Å². The summed E-state index contributed by atoms with van der Waals surface area (Å²) in [5, 5.41) is 0. The van der Waals surface area contributed by atoms with E-state index in [-0.39, 0.29) is 0 Å². The molecular formula is C15H14OS2. The van der Waals surface area contributed by atoms with E-state index in [9.17, 15) is 0 Å². The quantitative estimate of drug-likeness (QED) is 0.589. The molecule has 0 fully saturated rings. The predicted octanol–water partition coefficient (Wildman–Crippen LogP) is 4.77. The number of thioether (sulfide) groups is 1. The zero-order valence-electron chi connectivity index (χ0n) is 10.1. The Labute approximate surface area is 117 Å². The molecule has 0 radical (unpaired) electrons. The van der Waals surface area contributed by atoms with E-state index in [1.165, 1.54) is 22.9 Å². The fraction of sp³-hybridized carbons (Fsp3) is 0.133. The van der Waals surface area contributed by atoms with E-state index in [4.69, 9.17) is 17.0 Å². The van der Waals surface area contributed by atoms with Gasteiger partial charge >= 0.3 is 0 Å². The fourth-order valence-electron chi connectivity index (χ4n) is 1.61. The third-order valence-electron chi connectivity index (χ3n) is 2.40. The molecule has 0 amide bonds. The molecule has 0 N–H and O–H groups in total. The van der Waals surface area contributed by atoms with Crippen molar-refractivity contribution in [3.63, 3.8) is 0 Å². The average molecular weight is 274 g/mol. The Balaban J connectivity index is 2.18. The number of benzene rings is 2. The Bertz CT molecular complexity index is 523. The molecule has 0 aliphatic rings. The number of thiocarbonyl (C=S) groups is 1. The molecule has 3 heteroatoms. The van der Waals surface area contributed by atoms with Gasteiger partial charge in [-0.1, -0.05) is 42.5 Å². The third kappa shape index (κ3) is 3.59. The van der Waals surface area contributed by atoms with Crippen LogP contribution in [-0.2, 0) is 4.74 Å². The van der Waals surface area contributed by atoms with Crippen LogP contribution in [0.1, 0.15) is 6.92 Å². The van der Waals surface area contributed by atoms with Crippen molar-refractivity contribution in [3.8, 4) is 11.1 Å². The van der Waals surface area contributed by atoms with Crippen LogP contribution in [0.25, 0.3) is 11.1 Å². The molecular weight excluding hydrogens is 260 g/mol. The number of ether oxygens (including phenoxy) is 1. The lowest BCUT2D eigenvalue weighted by molar-refractivity contribution is 0.346. The molecule has 2 aromatic carbocycles. The first-order valence-electron chi connectivity index (χ1n) is 5.79. The van der Waals surface area contributed by atoms with Gasteiger partial charge in [0, 0.05) is 4.90 Å². The van der Waals surface area contributed by atoms with Gasteiger partial charge in [-0.05, 0) is 54.2 Å². The van der Waals surface area contributed by atoms with Gasteiger partial charge in [0.25, 0.3) is 0 Å². The van der Waals surface area contributed by atoms with E-state index in [1.807, 2.05) is 37.3 Å². The first-order chi connectivity index (χ1) is 8.79. The topological polar surface area (TPSA) is 9.23 Å². The summed E-state index contributed by atoms with van der Waals surface area (Å²) in [5.74, 6) is 0. The average Bonchev–Trinajstić information content (AvgIpc) is 2.40. The van der Waals surface area contributed by atoms with Crippen molar-refractivity contribution in [2.75, 3.05) is 6.61 Å². The minimum absolute atomic E-state index is 0.572. The van der Waals surface area contributed by atoms with Gasteiger partial charge in [0.2, 0.25) is 4.38 Å². The lowest BCUT2D eigenvalue weighted by Gasteiger charge is -2.06. The summed E-state index contributed by atoms with van der Waals surface area (Å²) >= 11 is 6.62. The van der Waals surface area contributed by atoms with Gasteiger partial charge in [0.1, 0.15) is 0 Å². The molecule has 0 aromatic heterocycles. The van der Waals surface area contributed by atoms with Crippen molar-refractivity contribution in [3.05, 3.63) is 54.6 Å².